The van der Waals surface area contributed by atoms with Crippen LogP contribution in [0.5, 0.6) is 0 Å². The Balaban J connectivity index is 2.46. The lowest BCUT2D eigenvalue weighted by Gasteiger charge is -2.43. The molecule has 2 unspecified atom stereocenters. The van der Waals surface area contributed by atoms with Crippen LogP contribution in [0.2, 0.25) is 0 Å². The molecule has 1 fully saturated rings. The molecule has 19 heavy (non-hydrogen) atoms. The van der Waals surface area contributed by atoms with Gasteiger partial charge in [0.2, 0.25) is 0 Å². The van der Waals surface area contributed by atoms with E-state index in [0.29, 0.717) is 5.41 Å². The predicted octanol–water partition coefficient (Wildman–Crippen LogP) is 2.43. The van der Waals surface area contributed by atoms with Crippen molar-refractivity contribution < 1.29 is 0 Å². The van der Waals surface area contributed by atoms with E-state index in [9.17, 15) is 0 Å². The largest absolute Gasteiger partial charge is 0.316 e. The van der Waals surface area contributed by atoms with Gasteiger partial charge in [-0.1, -0.05) is 27.7 Å². The van der Waals surface area contributed by atoms with Crippen molar-refractivity contribution in [3.63, 3.8) is 0 Å². The van der Waals surface area contributed by atoms with E-state index in [-0.39, 0.29) is 0 Å². The van der Waals surface area contributed by atoms with Gasteiger partial charge in [0.15, 0.2) is 0 Å². The number of hydrogen-bond acceptors (Lipinski definition) is 3. The van der Waals surface area contributed by atoms with Gasteiger partial charge in [-0.15, -0.1) is 0 Å². The Kier molecular flexibility index (Phi) is 7.33. The maximum absolute atomic E-state index is 3.61. The highest BCUT2D eigenvalue weighted by Crippen LogP contribution is 2.23. The van der Waals surface area contributed by atoms with E-state index >= 15 is 0 Å². The number of rotatable bonds is 8. The zero-order valence-corrected chi connectivity index (χ0v) is 13.8. The predicted molar refractivity (Wildman–Crippen MR) is 84.7 cm³/mol. The van der Waals surface area contributed by atoms with E-state index < -0.39 is 0 Å². The Morgan fingerprint density at radius 1 is 1.21 bits per heavy atom. The Bertz CT molecular complexity index is 244. The topological polar surface area (TPSA) is 18.5 Å². The van der Waals surface area contributed by atoms with Gasteiger partial charge in [0.1, 0.15) is 0 Å². The maximum Gasteiger partial charge on any atom is 0.0218 e. The highest BCUT2D eigenvalue weighted by atomic mass is 15.3. The van der Waals surface area contributed by atoms with Crippen LogP contribution < -0.4 is 5.32 Å². The number of likely N-dealkylation sites (N-methyl/N-ethyl adjacent to an activating group) is 1. The van der Waals surface area contributed by atoms with Crippen molar-refractivity contribution in [3.05, 3.63) is 0 Å². The van der Waals surface area contributed by atoms with Crippen molar-refractivity contribution in [2.45, 2.75) is 53.0 Å². The third-order valence-corrected chi connectivity index (χ3v) is 4.77. The molecule has 114 valence electrons. The van der Waals surface area contributed by atoms with Crippen molar-refractivity contribution in [2.24, 2.45) is 5.41 Å². The van der Waals surface area contributed by atoms with Gasteiger partial charge in [-0.25, -0.2) is 0 Å². The van der Waals surface area contributed by atoms with Crippen molar-refractivity contribution in [1.29, 1.82) is 0 Å². The fourth-order valence-electron chi connectivity index (χ4n) is 2.99. The highest BCUT2D eigenvalue weighted by Gasteiger charge is 2.29. The summed E-state index contributed by atoms with van der Waals surface area (Å²) < 4.78 is 0. The standard InChI is InChI=1S/C16H35N3/c1-6-9-17-13-16(4,8-3)14-19-11-10-18(5)15(7-2)12-19/h15,17H,6-14H2,1-5H3. The SMILES string of the molecule is CCCNCC(C)(CC)CN1CCN(C)C(CC)C1. The van der Waals surface area contributed by atoms with Crippen LogP contribution in [-0.4, -0.2) is 62.2 Å². The lowest BCUT2D eigenvalue weighted by atomic mass is 9.86. The van der Waals surface area contributed by atoms with Crippen LogP contribution in [0.25, 0.3) is 0 Å². The van der Waals surface area contributed by atoms with Crippen LogP contribution in [0.3, 0.4) is 0 Å². The molecule has 0 aliphatic carbocycles. The normalized spacial score (nSPS) is 25.4. The Morgan fingerprint density at radius 2 is 1.95 bits per heavy atom. The maximum atomic E-state index is 3.61. The van der Waals surface area contributed by atoms with Gasteiger partial charge < -0.3 is 10.2 Å². The summed E-state index contributed by atoms with van der Waals surface area (Å²) in [6, 6.07) is 0.749. The molecule has 0 bridgehead atoms. The van der Waals surface area contributed by atoms with Crippen LogP contribution in [0.15, 0.2) is 0 Å². The minimum atomic E-state index is 0.420. The minimum Gasteiger partial charge on any atom is -0.316 e. The molecule has 1 aliphatic rings. The molecular formula is C16H35N3. The van der Waals surface area contributed by atoms with Gasteiger partial charge in [-0.2, -0.15) is 0 Å². The van der Waals surface area contributed by atoms with Gasteiger partial charge >= 0.3 is 0 Å². The highest BCUT2D eigenvalue weighted by molar-refractivity contribution is 4.85. The summed E-state index contributed by atoms with van der Waals surface area (Å²) in [7, 11) is 2.27. The number of nitrogens with zero attached hydrogens (tertiary/aromatic N) is 2. The van der Waals surface area contributed by atoms with Crippen LogP contribution in [0, 0.1) is 5.41 Å². The smallest absolute Gasteiger partial charge is 0.0218 e. The average molecular weight is 269 g/mol. The molecule has 2 atom stereocenters. The fourth-order valence-corrected chi connectivity index (χ4v) is 2.99. The van der Waals surface area contributed by atoms with Crippen molar-refractivity contribution in [2.75, 3.05) is 46.3 Å². The lowest BCUT2D eigenvalue weighted by Crippen LogP contribution is -2.54. The molecule has 1 heterocycles. The molecule has 3 nitrogen and oxygen atoms in total. The zero-order valence-electron chi connectivity index (χ0n) is 13.8. The van der Waals surface area contributed by atoms with E-state index in [1.807, 2.05) is 0 Å². The second-order valence-electron chi connectivity index (χ2n) is 6.62. The molecule has 0 aromatic carbocycles. The van der Waals surface area contributed by atoms with E-state index in [2.05, 4.69) is 49.9 Å². The summed E-state index contributed by atoms with van der Waals surface area (Å²) in [5.41, 5.74) is 0.420. The molecule has 0 spiro atoms. The van der Waals surface area contributed by atoms with Crippen molar-refractivity contribution >= 4 is 0 Å². The zero-order chi connectivity index (χ0) is 14.3. The first kappa shape index (κ1) is 16.9. The van der Waals surface area contributed by atoms with Gasteiger partial charge in [0, 0.05) is 38.8 Å². The Morgan fingerprint density at radius 3 is 2.53 bits per heavy atom. The molecule has 0 amide bonds. The van der Waals surface area contributed by atoms with Crippen LogP contribution in [0.1, 0.15) is 47.0 Å². The lowest BCUT2D eigenvalue weighted by molar-refractivity contribution is 0.0597. The third kappa shape index (κ3) is 5.41. The molecule has 1 aliphatic heterocycles. The molecule has 1 saturated heterocycles. The average Bonchev–Trinajstić information content (AvgIpc) is 2.41. The molecule has 0 aromatic heterocycles. The van der Waals surface area contributed by atoms with Crippen LogP contribution >= 0.6 is 0 Å². The second-order valence-corrected chi connectivity index (χ2v) is 6.62. The van der Waals surface area contributed by atoms with Gasteiger partial charge in [-0.3, -0.25) is 4.90 Å². The third-order valence-electron chi connectivity index (χ3n) is 4.77. The molecular weight excluding hydrogens is 234 g/mol. The molecule has 0 radical (unpaired) electrons. The summed E-state index contributed by atoms with van der Waals surface area (Å²) in [5, 5.41) is 3.61. The van der Waals surface area contributed by atoms with Crippen molar-refractivity contribution in [3.8, 4) is 0 Å². The molecule has 1 rings (SSSR count). The molecule has 1 N–H and O–H groups in total. The van der Waals surface area contributed by atoms with E-state index in [1.54, 1.807) is 0 Å². The number of nitrogens with one attached hydrogen (secondary N) is 1. The minimum absolute atomic E-state index is 0.420. The van der Waals surface area contributed by atoms with Crippen LogP contribution in [0.4, 0.5) is 0 Å². The van der Waals surface area contributed by atoms with Gasteiger partial charge in [0.25, 0.3) is 0 Å². The summed E-state index contributed by atoms with van der Waals surface area (Å²) >= 11 is 0. The quantitative estimate of drug-likeness (QED) is 0.683. The first-order valence-electron chi connectivity index (χ1n) is 8.18. The van der Waals surface area contributed by atoms with E-state index in [4.69, 9.17) is 0 Å². The Hall–Kier alpha value is -0.120. The second kappa shape index (κ2) is 8.23. The summed E-state index contributed by atoms with van der Waals surface area (Å²) in [6.45, 7) is 16.6. The summed E-state index contributed by atoms with van der Waals surface area (Å²) in [4.78, 5) is 5.21. The van der Waals surface area contributed by atoms with Gasteiger partial charge in [-0.05, 0) is 38.3 Å². The summed E-state index contributed by atoms with van der Waals surface area (Å²) in [5.74, 6) is 0. The molecule has 0 aromatic rings. The number of piperazine rings is 1. The fraction of sp³-hybridized carbons (Fsp3) is 1.00. The van der Waals surface area contributed by atoms with E-state index in [1.165, 1.54) is 45.4 Å². The van der Waals surface area contributed by atoms with Crippen molar-refractivity contribution in [1.82, 2.24) is 15.1 Å². The first-order chi connectivity index (χ1) is 9.04. The first-order valence-corrected chi connectivity index (χ1v) is 8.18. The van der Waals surface area contributed by atoms with E-state index in [0.717, 1.165) is 19.1 Å². The summed E-state index contributed by atoms with van der Waals surface area (Å²) in [6.07, 6.45) is 3.75. The molecule has 0 saturated carbocycles. The number of hydrogen-bond donors (Lipinski definition) is 1. The molecule has 3 heteroatoms. The Labute approximate surface area is 120 Å². The van der Waals surface area contributed by atoms with Gasteiger partial charge in [0.05, 0.1) is 0 Å². The monoisotopic (exact) mass is 269 g/mol. The van der Waals surface area contributed by atoms with Crippen LogP contribution in [-0.2, 0) is 0 Å².